The number of rotatable bonds is 3. The fourth-order valence-electron chi connectivity index (χ4n) is 1.65. The van der Waals surface area contributed by atoms with Crippen LogP contribution in [0.1, 0.15) is 5.56 Å². The highest BCUT2D eigenvalue weighted by Crippen LogP contribution is 2.15. The number of phenols is 1. The third kappa shape index (κ3) is 4.99. The molecule has 0 atom stereocenters. The summed E-state index contributed by atoms with van der Waals surface area (Å²) in [6.07, 6.45) is 2.84. The highest BCUT2D eigenvalue weighted by molar-refractivity contribution is 7.80. The largest absolute Gasteiger partial charge is 0.508 e. The summed E-state index contributed by atoms with van der Waals surface area (Å²) in [6, 6.07) is 12.1. The minimum absolute atomic E-state index is 0.0929. The minimum atomic E-state index is -0.415. The number of hydrogen-bond acceptors (Lipinski definition) is 3. The first kappa shape index (κ1) is 15.7. The van der Waals surface area contributed by atoms with Crippen LogP contribution in [0.2, 0.25) is 0 Å². The van der Waals surface area contributed by atoms with Gasteiger partial charge in [-0.3, -0.25) is 10.1 Å². The molecule has 6 heteroatoms. The van der Waals surface area contributed by atoms with Crippen LogP contribution >= 0.6 is 12.2 Å². The topological polar surface area (TPSA) is 61.4 Å². The maximum atomic E-state index is 12.7. The van der Waals surface area contributed by atoms with Crippen molar-refractivity contribution in [3.63, 3.8) is 0 Å². The van der Waals surface area contributed by atoms with E-state index in [1.54, 1.807) is 30.3 Å². The molecule has 0 bridgehead atoms. The molecule has 1 amide bonds. The monoisotopic (exact) mass is 316 g/mol. The number of anilines is 1. The Morgan fingerprint density at radius 1 is 1.18 bits per heavy atom. The Labute approximate surface area is 132 Å². The van der Waals surface area contributed by atoms with Gasteiger partial charge in [-0.05, 0) is 48.1 Å². The van der Waals surface area contributed by atoms with Gasteiger partial charge in [0.2, 0.25) is 5.91 Å². The molecule has 0 spiro atoms. The standard InChI is InChI=1S/C16H13FN2O2S/c17-12-7-4-11(5-8-12)6-9-15(21)19-16(22)18-13-2-1-3-14(20)10-13/h1-10,20H,(H2,18,19,21,22)/b9-6+. The van der Waals surface area contributed by atoms with Crippen molar-refractivity contribution < 1.29 is 14.3 Å². The molecule has 0 aromatic heterocycles. The van der Waals surface area contributed by atoms with E-state index < -0.39 is 5.91 Å². The Morgan fingerprint density at radius 3 is 2.59 bits per heavy atom. The molecule has 0 saturated carbocycles. The number of nitrogens with one attached hydrogen (secondary N) is 2. The normalized spacial score (nSPS) is 10.4. The van der Waals surface area contributed by atoms with Crippen molar-refractivity contribution in [1.82, 2.24) is 5.32 Å². The van der Waals surface area contributed by atoms with Crippen LogP contribution in [0.15, 0.2) is 54.6 Å². The Kier molecular flexibility index (Phi) is 5.21. The lowest BCUT2D eigenvalue weighted by Crippen LogP contribution is -2.32. The maximum Gasteiger partial charge on any atom is 0.250 e. The maximum absolute atomic E-state index is 12.7. The fourth-order valence-corrected chi connectivity index (χ4v) is 1.86. The molecule has 3 N–H and O–H groups in total. The summed E-state index contributed by atoms with van der Waals surface area (Å²) in [6.45, 7) is 0. The summed E-state index contributed by atoms with van der Waals surface area (Å²) in [5, 5.41) is 14.7. The molecule has 0 aliphatic rings. The van der Waals surface area contributed by atoms with E-state index in [1.807, 2.05) is 0 Å². The van der Waals surface area contributed by atoms with Crippen LogP contribution in [0.4, 0.5) is 10.1 Å². The van der Waals surface area contributed by atoms with Crippen molar-refractivity contribution in [2.45, 2.75) is 0 Å². The van der Waals surface area contributed by atoms with Crippen LogP contribution in [0.5, 0.6) is 5.75 Å². The summed E-state index contributed by atoms with van der Waals surface area (Å²) in [7, 11) is 0. The van der Waals surface area contributed by atoms with Gasteiger partial charge >= 0.3 is 0 Å². The van der Waals surface area contributed by atoms with Gasteiger partial charge in [-0.1, -0.05) is 18.2 Å². The van der Waals surface area contributed by atoms with Gasteiger partial charge in [0.25, 0.3) is 0 Å². The third-order valence-electron chi connectivity index (χ3n) is 2.64. The number of hydrogen-bond donors (Lipinski definition) is 3. The van der Waals surface area contributed by atoms with E-state index in [2.05, 4.69) is 10.6 Å². The first-order chi connectivity index (χ1) is 10.5. The zero-order valence-corrected chi connectivity index (χ0v) is 12.2. The van der Waals surface area contributed by atoms with E-state index in [9.17, 15) is 14.3 Å². The van der Waals surface area contributed by atoms with Gasteiger partial charge in [0.1, 0.15) is 11.6 Å². The van der Waals surface area contributed by atoms with Crippen molar-refractivity contribution >= 4 is 35.0 Å². The van der Waals surface area contributed by atoms with Gasteiger partial charge in [-0.15, -0.1) is 0 Å². The number of aromatic hydroxyl groups is 1. The van der Waals surface area contributed by atoms with E-state index >= 15 is 0 Å². The molecule has 0 heterocycles. The predicted molar refractivity (Wildman–Crippen MR) is 87.9 cm³/mol. The Hall–Kier alpha value is -2.73. The number of carbonyl (C=O) groups excluding carboxylic acids is 1. The van der Waals surface area contributed by atoms with Crippen LogP contribution < -0.4 is 10.6 Å². The summed E-state index contributed by atoms with van der Waals surface area (Å²) in [5.74, 6) is -0.657. The summed E-state index contributed by atoms with van der Waals surface area (Å²) in [4.78, 5) is 11.7. The average molecular weight is 316 g/mol. The molecule has 2 aromatic carbocycles. The number of carbonyl (C=O) groups is 1. The van der Waals surface area contributed by atoms with Crippen molar-refractivity contribution in [1.29, 1.82) is 0 Å². The molecule has 112 valence electrons. The fraction of sp³-hybridized carbons (Fsp3) is 0. The van der Waals surface area contributed by atoms with Gasteiger partial charge in [0.05, 0.1) is 0 Å². The second kappa shape index (κ2) is 7.33. The van der Waals surface area contributed by atoms with Gasteiger partial charge in [0.15, 0.2) is 5.11 Å². The van der Waals surface area contributed by atoms with Crippen LogP contribution in [0, 0.1) is 5.82 Å². The number of thiocarbonyl (C=S) groups is 1. The molecule has 0 saturated heterocycles. The third-order valence-corrected chi connectivity index (χ3v) is 2.84. The van der Waals surface area contributed by atoms with Crippen LogP contribution in [0.25, 0.3) is 6.08 Å². The summed E-state index contributed by atoms with van der Waals surface area (Å²) >= 11 is 5.00. The summed E-state index contributed by atoms with van der Waals surface area (Å²) in [5.41, 5.74) is 1.26. The lowest BCUT2D eigenvalue weighted by Gasteiger charge is -2.08. The number of benzene rings is 2. The number of halogens is 1. The van der Waals surface area contributed by atoms with Gasteiger partial charge < -0.3 is 10.4 Å². The van der Waals surface area contributed by atoms with Crippen molar-refractivity contribution in [3.05, 3.63) is 66.0 Å². The minimum Gasteiger partial charge on any atom is -0.508 e. The van der Waals surface area contributed by atoms with Gasteiger partial charge in [-0.2, -0.15) is 0 Å². The second-order valence-electron chi connectivity index (χ2n) is 4.38. The zero-order valence-electron chi connectivity index (χ0n) is 11.4. The second-order valence-corrected chi connectivity index (χ2v) is 4.79. The van der Waals surface area contributed by atoms with Crippen molar-refractivity contribution in [2.24, 2.45) is 0 Å². The Bertz CT molecular complexity index is 714. The molecule has 0 aliphatic carbocycles. The van der Waals surface area contributed by atoms with Crippen LogP contribution in [-0.2, 0) is 4.79 Å². The van der Waals surface area contributed by atoms with Crippen LogP contribution in [0.3, 0.4) is 0 Å². The van der Waals surface area contributed by atoms with E-state index in [0.717, 1.165) is 0 Å². The van der Waals surface area contributed by atoms with Gasteiger partial charge in [0, 0.05) is 17.8 Å². The Morgan fingerprint density at radius 2 is 1.91 bits per heavy atom. The molecule has 2 aromatic rings. The molecule has 4 nitrogen and oxygen atoms in total. The zero-order chi connectivity index (χ0) is 15.9. The molecule has 0 fully saturated rings. The number of amides is 1. The quantitative estimate of drug-likeness (QED) is 0.602. The molecule has 0 aliphatic heterocycles. The summed E-state index contributed by atoms with van der Waals surface area (Å²) < 4.78 is 12.7. The molecular weight excluding hydrogens is 303 g/mol. The smallest absolute Gasteiger partial charge is 0.250 e. The van der Waals surface area contributed by atoms with E-state index in [0.29, 0.717) is 11.3 Å². The average Bonchev–Trinajstić information content (AvgIpc) is 2.46. The SMILES string of the molecule is O=C(/C=C/c1ccc(F)cc1)NC(=S)Nc1cccc(O)c1. The van der Waals surface area contributed by atoms with E-state index in [4.69, 9.17) is 12.2 Å². The van der Waals surface area contributed by atoms with E-state index in [-0.39, 0.29) is 16.7 Å². The lowest BCUT2D eigenvalue weighted by molar-refractivity contribution is -0.115. The Balaban J connectivity index is 1.88. The lowest BCUT2D eigenvalue weighted by atomic mass is 10.2. The molecule has 22 heavy (non-hydrogen) atoms. The van der Waals surface area contributed by atoms with Crippen molar-refractivity contribution in [2.75, 3.05) is 5.32 Å². The molecule has 0 radical (unpaired) electrons. The number of phenolic OH excluding ortho intramolecular Hbond substituents is 1. The van der Waals surface area contributed by atoms with E-state index in [1.165, 1.54) is 30.3 Å². The highest BCUT2D eigenvalue weighted by atomic mass is 32.1. The first-order valence-corrected chi connectivity index (χ1v) is 6.78. The first-order valence-electron chi connectivity index (χ1n) is 6.37. The van der Waals surface area contributed by atoms with Crippen molar-refractivity contribution in [3.8, 4) is 5.75 Å². The highest BCUT2D eigenvalue weighted by Gasteiger charge is 2.02. The molecular formula is C16H13FN2O2S. The predicted octanol–water partition coefficient (Wildman–Crippen LogP) is 3.06. The van der Waals surface area contributed by atoms with Gasteiger partial charge in [-0.25, -0.2) is 4.39 Å². The molecule has 0 unspecified atom stereocenters. The van der Waals surface area contributed by atoms with Crippen LogP contribution in [-0.4, -0.2) is 16.1 Å². The molecule has 2 rings (SSSR count).